The topological polar surface area (TPSA) is 77.7 Å². The number of fused-ring (bicyclic) bond motifs is 1. The van der Waals surface area contributed by atoms with Gasteiger partial charge in [0.2, 0.25) is 0 Å². The summed E-state index contributed by atoms with van der Waals surface area (Å²) < 4.78 is 11.4. The summed E-state index contributed by atoms with van der Waals surface area (Å²) in [5.41, 5.74) is 5.31. The van der Waals surface area contributed by atoms with E-state index in [0.29, 0.717) is 17.1 Å². The summed E-state index contributed by atoms with van der Waals surface area (Å²) in [6.45, 7) is 9.88. The fourth-order valence-corrected chi connectivity index (χ4v) is 5.84. The molecule has 1 aliphatic heterocycles. The second-order valence-electron chi connectivity index (χ2n) is 9.55. The van der Waals surface area contributed by atoms with Gasteiger partial charge in [-0.15, -0.1) is 12.8 Å². The van der Waals surface area contributed by atoms with Crippen molar-refractivity contribution in [2.75, 3.05) is 12.8 Å². The van der Waals surface area contributed by atoms with Gasteiger partial charge in [0.25, 0.3) is 0 Å². The summed E-state index contributed by atoms with van der Waals surface area (Å²) in [6, 6.07) is 14.6. The van der Waals surface area contributed by atoms with Crippen molar-refractivity contribution < 1.29 is 9.53 Å². The number of hydrogen-bond acceptors (Lipinski definition) is 8. The average Bonchev–Trinajstić information content (AvgIpc) is 3.53. The van der Waals surface area contributed by atoms with Crippen LogP contribution in [0.3, 0.4) is 0 Å². The third-order valence-electron chi connectivity index (χ3n) is 6.11. The number of nitriles is 1. The molecule has 4 rings (SSSR count). The fourth-order valence-electron chi connectivity index (χ4n) is 4.19. The number of carbonyl (C=O) groups excluding carboxylic acids is 1. The fraction of sp³-hybridized carbons (Fsp3) is 0.452. The first-order valence-corrected chi connectivity index (χ1v) is 15.1. The molecule has 1 N–H and O–H groups in total. The Hall–Kier alpha value is -2.75. The molecule has 0 aromatic heterocycles. The lowest BCUT2D eigenvalue weighted by Gasteiger charge is -2.20. The lowest BCUT2D eigenvalue weighted by molar-refractivity contribution is -0.114. The number of terminal acetylenes is 1. The molecule has 2 atom stereocenters. The Labute approximate surface area is 243 Å². The molecule has 8 heteroatoms. The number of carbonyl (C=O) groups is 1. The van der Waals surface area contributed by atoms with E-state index < -0.39 is 0 Å². The van der Waals surface area contributed by atoms with Gasteiger partial charge in [-0.25, -0.2) is 4.31 Å². The van der Waals surface area contributed by atoms with Crippen LogP contribution in [-0.2, 0) is 11.2 Å². The van der Waals surface area contributed by atoms with Crippen LogP contribution in [0.4, 0.5) is 0 Å². The van der Waals surface area contributed by atoms with Gasteiger partial charge in [0, 0.05) is 18.7 Å². The zero-order chi connectivity index (χ0) is 28.9. The minimum Gasteiger partial charge on any atom is -0.490 e. The van der Waals surface area contributed by atoms with Crippen LogP contribution in [0.25, 0.3) is 0 Å². The number of aliphatic imine (C=N–C) groups is 1. The normalized spacial score (nSPS) is 17.7. The predicted molar refractivity (Wildman–Crippen MR) is 166 cm³/mol. The molecular weight excluding hydrogens is 525 g/mol. The molecule has 0 saturated carbocycles. The van der Waals surface area contributed by atoms with Gasteiger partial charge in [-0.2, -0.15) is 5.26 Å². The van der Waals surface area contributed by atoms with Gasteiger partial charge in [0.15, 0.2) is 0 Å². The lowest BCUT2D eigenvalue weighted by atomic mass is 10.0. The van der Waals surface area contributed by atoms with E-state index in [4.69, 9.17) is 9.73 Å². The lowest BCUT2D eigenvalue weighted by Crippen LogP contribution is -2.15. The molecule has 0 bridgehead atoms. The zero-order valence-corrected chi connectivity index (χ0v) is 25.5. The quantitative estimate of drug-likeness (QED) is 0.254. The Bertz CT molecular complexity index is 1200. The molecule has 0 radical (unpaired) electrons. The van der Waals surface area contributed by atoms with E-state index >= 15 is 0 Å². The van der Waals surface area contributed by atoms with E-state index in [0.717, 1.165) is 23.4 Å². The largest absolute Gasteiger partial charge is 0.490 e. The molecule has 0 spiro atoms. The van der Waals surface area contributed by atoms with Gasteiger partial charge < -0.3 is 4.74 Å². The van der Waals surface area contributed by atoms with Crippen LogP contribution < -0.4 is 9.46 Å². The van der Waals surface area contributed by atoms with Crippen LogP contribution >= 0.6 is 23.9 Å². The van der Waals surface area contributed by atoms with Crippen LogP contribution in [0, 0.1) is 24.2 Å². The summed E-state index contributed by atoms with van der Waals surface area (Å²) in [5, 5.41) is 10.5. The number of ether oxygens (including phenoxy) is 1. The number of nitrogens with one attached hydrogen (secondary N) is 1. The highest BCUT2D eigenvalue weighted by Gasteiger charge is 2.32. The summed E-state index contributed by atoms with van der Waals surface area (Å²) in [4.78, 5) is 16.3. The molecule has 2 aromatic carbocycles. The number of rotatable bonds is 9. The number of benzene rings is 2. The molecule has 1 aliphatic carbocycles. The maximum absolute atomic E-state index is 11.3. The molecule has 2 unspecified atom stereocenters. The molecule has 208 valence electrons. The highest BCUT2D eigenvalue weighted by atomic mass is 32.2. The summed E-state index contributed by atoms with van der Waals surface area (Å²) in [7, 11) is 2.06. The van der Waals surface area contributed by atoms with Crippen molar-refractivity contribution in [2.24, 2.45) is 4.99 Å². The van der Waals surface area contributed by atoms with Crippen LogP contribution in [0.15, 0.2) is 41.4 Å². The molecule has 6 nitrogen and oxygen atoms in total. The predicted octanol–water partition coefficient (Wildman–Crippen LogP) is 7.25. The Morgan fingerprint density at radius 3 is 2.56 bits per heavy atom. The maximum atomic E-state index is 11.3. The highest BCUT2D eigenvalue weighted by molar-refractivity contribution is 8.12. The Balaban J connectivity index is 0.000000815. The average molecular weight is 565 g/mol. The van der Waals surface area contributed by atoms with Gasteiger partial charge >= 0.3 is 0 Å². The van der Waals surface area contributed by atoms with E-state index in [1.807, 2.05) is 32.0 Å². The van der Waals surface area contributed by atoms with Crippen molar-refractivity contribution in [3.63, 3.8) is 0 Å². The summed E-state index contributed by atoms with van der Waals surface area (Å²) in [6.07, 6.45) is 12.6. The minimum absolute atomic E-state index is 0.0102. The standard InChI is InChI=1S/C25H28N4O2S2.C4H10.C2H2/c1-15(2)31-23-11-8-17(12-18(23)13-26)25-27-24(29(4)33-25)21-7-5-6-20-19(21)9-10-22(20)28-32-14-16(3)30;1-3-4-2;1-2/h5-8,11-12,15,22,24,28H,9-10,14H2,1-4H3;3-4H2,1-2H3;1-2H. The molecule has 2 aliphatic rings. The van der Waals surface area contributed by atoms with Crippen molar-refractivity contribution >= 4 is 34.7 Å². The molecule has 0 fully saturated rings. The number of hydrogen-bond donors (Lipinski definition) is 1. The Morgan fingerprint density at radius 2 is 1.95 bits per heavy atom. The zero-order valence-electron chi connectivity index (χ0n) is 23.9. The number of ketones is 1. The van der Waals surface area contributed by atoms with Crippen molar-refractivity contribution in [1.82, 2.24) is 9.03 Å². The van der Waals surface area contributed by atoms with Gasteiger partial charge in [0.1, 0.15) is 28.8 Å². The molecule has 0 amide bonds. The Kier molecular flexibility index (Phi) is 13.6. The monoisotopic (exact) mass is 564 g/mol. The van der Waals surface area contributed by atoms with E-state index in [2.05, 4.69) is 67.0 Å². The first-order chi connectivity index (χ1) is 18.8. The van der Waals surface area contributed by atoms with Crippen LogP contribution in [0.5, 0.6) is 5.75 Å². The first kappa shape index (κ1) is 32.5. The highest BCUT2D eigenvalue weighted by Crippen LogP contribution is 2.43. The second kappa shape index (κ2) is 16.4. The number of Topliss-reactive ketones (excluding diaryl/α,β-unsaturated/α-hetero) is 1. The summed E-state index contributed by atoms with van der Waals surface area (Å²) >= 11 is 3.09. The van der Waals surface area contributed by atoms with Crippen molar-refractivity contribution in [1.29, 1.82) is 5.26 Å². The molecule has 39 heavy (non-hydrogen) atoms. The van der Waals surface area contributed by atoms with Gasteiger partial charge in [0.05, 0.1) is 17.4 Å². The van der Waals surface area contributed by atoms with E-state index in [9.17, 15) is 10.1 Å². The van der Waals surface area contributed by atoms with Crippen LogP contribution in [0.1, 0.15) is 93.9 Å². The van der Waals surface area contributed by atoms with Crippen LogP contribution in [-0.4, -0.2) is 34.0 Å². The van der Waals surface area contributed by atoms with E-state index in [-0.39, 0.29) is 24.1 Å². The second-order valence-corrected chi connectivity index (χ2v) is 11.5. The SMILES string of the molecule is C#C.CC(=O)CSNC1CCc2c1cccc2C1N=C(c2ccc(OC(C)C)c(C#N)c2)SN1C.CCCC. The molecule has 2 aromatic rings. The van der Waals surface area contributed by atoms with Crippen LogP contribution in [0.2, 0.25) is 0 Å². The van der Waals surface area contributed by atoms with E-state index in [1.165, 1.54) is 41.5 Å². The first-order valence-electron chi connectivity index (χ1n) is 13.3. The smallest absolute Gasteiger partial charge is 0.140 e. The van der Waals surface area contributed by atoms with Crippen molar-refractivity contribution in [2.45, 2.75) is 78.6 Å². The number of unbranched alkanes of at least 4 members (excludes halogenated alkanes) is 1. The van der Waals surface area contributed by atoms with Gasteiger partial charge in [-0.1, -0.05) is 56.8 Å². The minimum atomic E-state index is -0.0827. The van der Waals surface area contributed by atoms with Crippen molar-refractivity contribution in [3.8, 4) is 24.7 Å². The van der Waals surface area contributed by atoms with Crippen molar-refractivity contribution in [3.05, 3.63) is 64.2 Å². The molecule has 0 saturated heterocycles. The van der Waals surface area contributed by atoms with Gasteiger partial charge in [-0.3, -0.25) is 14.5 Å². The molecule has 1 heterocycles. The summed E-state index contributed by atoms with van der Waals surface area (Å²) in [5.74, 6) is 1.26. The van der Waals surface area contributed by atoms with E-state index in [1.54, 1.807) is 18.9 Å². The third kappa shape index (κ3) is 8.88. The molecular formula is C31H40N4O2S2. The third-order valence-corrected chi connectivity index (χ3v) is 8.11. The maximum Gasteiger partial charge on any atom is 0.140 e. The Morgan fingerprint density at radius 1 is 1.26 bits per heavy atom. The van der Waals surface area contributed by atoms with Gasteiger partial charge in [-0.05, 0) is 80.5 Å². The number of nitrogens with zero attached hydrogens (tertiary/aromatic N) is 3.